The lowest BCUT2D eigenvalue weighted by atomic mass is 9.80. The molecule has 0 bridgehead atoms. The van der Waals surface area contributed by atoms with E-state index in [4.69, 9.17) is 5.73 Å². The number of hydrogen-bond donors (Lipinski definition) is 1. The largest absolute Gasteiger partial charge is 0.345 e. The van der Waals surface area contributed by atoms with E-state index in [1.807, 2.05) is 11.9 Å². The maximum atomic E-state index is 12.1. The van der Waals surface area contributed by atoms with Crippen LogP contribution in [0.25, 0.3) is 0 Å². The van der Waals surface area contributed by atoms with Gasteiger partial charge in [-0.05, 0) is 36.5 Å². The van der Waals surface area contributed by atoms with Crippen LogP contribution in [-0.2, 0) is 4.79 Å². The molecule has 1 aliphatic carbocycles. The summed E-state index contributed by atoms with van der Waals surface area (Å²) in [6, 6.07) is 0.373. The first-order chi connectivity index (χ1) is 8.17. The summed E-state index contributed by atoms with van der Waals surface area (Å²) in [5.41, 5.74) is 6.07. The third kappa shape index (κ3) is 5.38. The average molecular weight is 254 g/mol. The second kappa shape index (κ2) is 6.05. The van der Waals surface area contributed by atoms with Gasteiger partial charge in [-0.2, -0.15) is 0 Å². The topological polar surface area (TPSA) is 46.3 Å². The Labute approximate surface area is 112 Å². The fourth-order valence-corrected chi connectivity index (χ4v) is 3.00. The Bertz CT molecular complexity index is 277. The van der Waals surface area contributed by atoms with Crippen LogP contribution in [0.3, 0.4) is 0 Å². The molecule has 0 radical (unpaired) electrons. The third-order valence-electron chi connectivity index (χ3n) is 3.71. The molecule has 2 N–H and O–H groups in total. The maximum Gasteiger partial charge on any atom is 0.222 e. The predicted molar refractivity (Wildman–Crippen MR) is 76.2 cm³/mol. The lowest BCUT2D eigenvalue weighted by molar-refractivity contribution is -0.132. The van der Waals surface area contributed by atoms with Gasteiger partial charge in [-0.3, -0.25) is 4.79 Å². The van der Waals surface area contributed by atoms with E-state index in [0.717, 1.165) is 25.8 Å². The van der Waals surface area contributed by atoms with Gasteiger partial charge in [0.15, 0.2) is 0 Å². The highest BCUT2D eigenvalue weighted by Crippen LogP contribution is 2.28. The van der Waals surface area contributed by atoms with Crippen molar-refractivity contribution in [2.45, 2.75) is 59.4 Å². The molecule has 0 saturated heterocycles. The van der Waals surface area contributed by atoms with Crippen LogP contribution < -0.4 is 5.73 Å². The van der Waals surface area contributed by atoms with Crippen LogP contribution in [0.2, 0.25) is 0 Å². The molecule has 0 aromatic carbocycles. The van der Waals surface area contributed by atoms with Gasteiger partial charge < -0.3 is 10.6 Å². The summed E-state index contributed by atoms with van der Waals surface area (Å²) in [7, 11) is 1.93. The van der Waals surface area contributed by atoms with E-state index in [9.17, 15) is 4.79 Å². The van der Waals surface area contributed by atoms with E-state index in [-0.39, 0.29) is 5.91 Å². The Kier molecular flexibility index (Phi) is 5.20. The first-order valence-electron chi connectivity index (χ1n) is 7.17. The van der Waals surface area contributed by atoms with Crippen molar-refractivity contribution < 1.29 is 4.79 Å². The first-order valence-corrected chi connectivity index (χ1v) is 7.17. The highest BCUT2D eigenvalue weighted by molar-refractivity contribution is 5.76. The fourth-order valence-electron chi connectivity index (χ4n) is 3.00. The van der Waals surface area contributed by atoms with Crippen molar-refractivity contribution in [3.8, 4) is 0 Å². The quantitative estimate of drug-likeness (QED) is 0.820. The molecule has 1 rings (SSSR count). The lowest BCUT2D eigenvalue weighted by Crippen LogP contribution is -2.43. The second-order valence-electron chi connectivity index (χ2n) is 7.45. The summed E-state index contributed by atoms with van der Waals surface area (Å²) in [5, 5.41) is 0. The molecule has 18 heavy (non-hydrogen) atoms. The molecular weight excluding hydrogens is 224 g/mol. The van der Waals surface area contributed by atoms with E-state index in [1.54, 1.807) is 0 Å². The lowest BCUT2D eigenvalue weighted by Gasteiger charge is -2.35. The molecule has 3 nitrogen and oxygen atoms in total. The zero-order valence-electron chi connectivity index (χ0n) is 12.7. The first kappa shape index (κ1) is 15.5. The number of hydrogen-bond acceptors (Lipinski definition) is 2. The van der Waals surface area contributed by atoms with Gasteiger partial charge in [0.05, 0.1) is 0 Å². The average Bonchev–Trinajstić information content (AvgIpc) is 2.11. The van der Waals surface area contributed by atoms with Crippen molar-refractivity contribution in [2.24, 2.45) is 23.0 Å². The van der Waals surface area contributed by atoms with Crippen LogP contribution >= 0.6 is 0 Å². The molecule has 1 amide bonds. The van der Waals surface area contributed by atoms with Crippen LogP contribution in [0.5, 0.6) is 0 Å². The second-order valence-corrected chi connectivity index (χ2v) is 7.45. The van der Waals surface area contributed by atoms with Gasteiger partial charge in [-0.15, -0.1) is 0 Å². The van der Waals surface area contributed by atoms with Crippen LogP contribution in [-0.4, -0.2) is 30.4 Å². The molecule has 1 saturated carbocycles. The minimum Gasteiger partial charge on any atom is -0.345 e. The highest BCUT2D eigenvalue weighted by Gasteiger charge is 2.28. The monoisotopic (exact) mass is 254 g/mol. The van der Waals surface area contributed by atoms with Crippen LogP contribution in [0.4, 0.5) is 0 Å². The van der Waals surface area contributed by atoms with Crippen molar-refractivity contribution in [3.63, 3.8) is 0 Å². The van der Waals surface area contributed by atoms with Crippen LogP contribution in [0, 0.1) is 17.3 Å². The fraction of sp³-hybridized carbons (Fsp3) is 0.933. The number of nitrogens with two attached hydrogens (primary N) is 1. The Morgan fingerprint density at radius 3 is 2.39 bits per heavy atom. The Balaban J connectivity index is 2.26. The summed E-state index contributed by atoms with van der Waals surface area (Å²) >= 11 is 0. The van der Waals surface area contributed by atoms with Crippen molar-refractivity contribution in [1.82, 2.24) is 4.90 Å². The molecule has 1 atom stereocenters. The molecule has 0 aromatic heterocycles. The zero-order chi connectivity index (χ0) is 13.9. The SMILES string of the molecule is CC(CC(=O)N(C)CC1CC(N)C1)CC(C)(C)C. The molecule has 106 valence electrons. The number of amides is 1. The predicted octanol–water partition coefficient (Wildman–Crippen LogP) is 2.64. The number of nitrogens with zero attached hydrogens (tertiary/aromatic N) is 1. The zero-order valence-corrected chi connectivity index (χ0v) is 12.7. The van der Waals surface area contributed by atoms with Crippen molar-refractivity contribution in [2.75, 3.05) is 13.6 Å². The molecule has 1 aliphatic rings. The summed E-state index contributed by atoms with van der Waals surface area (Å²) < 4.78 is 0. The Morgan fingerprint density at radius 1 is 1.39 bits per heavy atom. The van der Waals surface area contributed by atoms with Gasteiger partial charge in [-0.1, -0.05) is 27.7 Å². The standard InChI is InChI=1S/C15H30N2O/c1-11(9-15(2,3)4)6-14(18)17(5)10-12-7-13(16)8-12/h11-13H,6-10,16H2,1-5H3. The molecular formula is C15H30N2O. The van der Waals surface area contributed by atoms with E-state index in [1.165, 1.54) is 0 Å². The normalized spacial score (nSPS) is 25.4. The molecule has 0 aliphatic heterocycles. The summed E-state index contributed by atoms with van der Waals surface area (Å²) in [6.45, 7) is 9.75. The molecule has 3 heteroatoms. The van der Waals surface area contributed by atoms with E-state index in [0.29, 0.717) is 29.7 Å². The molecule has 1 fully saturated rings. The van der Waals surface area contributed by atoms with Crippen LogP contribution in [0.15, 0.2) is 0 Å². The van der Waals surface area contributed by atoms with Crippen molar-refractivity contribution in [3.05, 3.63) is 0 Å². The Hall–Kier alpha value is -0.570. The van der Waals surface area contributed by atoms with Crippen molar-refractivity contribution >= 4 is 5.91 Å². The van der Waals surface area contributed by atoms with E-state index >= 15 is 0 Å². The number of carbonyl (C=O) groups is 1. The molecule has 0 heterocycles. The minimum absolute atomic E-state index is 0.284. The van der Waals surface area contributed by atoms with Gasteiger partial charge in [-0.25, -0.2) is 0 Å². The van der Waals surface area contributed by atoms with Crippen LogP contribution in [0.1, 0.15) is 53.4 Å². The number of rotatable bonds is 5. The van der Waals surface area contributed by atoms with Gasteiger partial charge in [0.2, 0.25) is 5.91 Å². The third-order valence-corrected chi connectivity index (χ3v) is 3.71. The van der Waals surface area contributed by atoms with Gasteiger partial charge in [0, 0.05) is 26.1 Å². The smallest absolute Gasteiger partial charge is 0.222 e. The van der Waals surface area contributed by atoms with Gasteiger partial charge in [0.1, 0.15) is 0 Å². The molecule has 1 unspecified atom stereocenters. The number of carbonyl (C=O) groups excluding carboxylic acids is 1. The van der Waals surface area contributed by atoms with E-state index < -0.39 is 0 Å². The van der Waals surface area contributed by atoms with Gasteiger partial charge >= 0.3 is 0 Å². The summed E-state index contributed by atoms with van der Waals surface area (Å²) in [5.74, 6) is 1.38. The summed E-state index contributed by atoms with van der Waals surface area (Å²) in [6.07, 6.45) is 3.93. The minimum atomic E-state index is 0.284. The highest BCUT2D eigenvalue weighted by atomic mass is 16.2. The molecule has 0 aromatic rings. The summed E-state index contributed by atoms with van der Waals surface area (Å²) in [4.78, 5) is 14.0. The Morgan fingerprint density at radius 2 is 1.94 bits per heavy atom. The van der Waals surface area contributed by atoms with Crippen molar-refractivity contribution in [1.29, 1.82) is 0 Å². The van der Waals surface area contributed by atoms with E-state index in [2.05, 4.69) is 27.7 Å². The maximum absolute atomic E-state index is 12.1. The molecule has 0 spiro atoms. The van der Waals surface area contributed by atoms with Gasteiger partial charge in [0.25, 0.3) is 0 Å².